The number of anilines is 1. The quantitative estimate of drug-likeness (QED) is 0.538. The van der Waals surface area contributed by atoms with Crippen LogP contribution in [0.1, 0.15) is 33.3 Å². The third-order valence-corrected chi connectivity index (χ3v) is 7.60. The second-order valence-electron chi connectivity index (χ2n) is 7.02. The summed E-state index contributed by atoms with van der Waals surface area (Å²) in [4.78, 5) is 13.8. The number of hydrogen-bond acceptors (Lipinski definition) is 5. The number of nitrogens with one attached hydrogen (secondary N) is 1. The Morgan fingerprint density at radius 1 is 1.13 bits per heavy atom. The van der Waals surface area contributed by atoms with Crippen LogP contribution in [-0.4, -0.2) is 43.6 Å². The van der Waals surface area contributed by atoms with Gasteiger partial charge in [0.1, 0.15) is 5.75 Å². The van der Waals surface area contributed by atoms with E-state index in [1.807, 2.05) is 45.0 Å². The van der Waals surface area contributed by atoms with E-state index in [-0.39, 0.29) is 22.7 Å². The molecule has 0 aliphatic rings. The summed E-state index contributed by atoms with van der Waals surface area (Å²) < 4.78 is 32.9. The van der Waals surface area contributed by atoms with Crippen LogP contribution in [0.5, 0.6) is 5.75 Å². The molecule has 8 heteroatoms. The van der Waals surface area contributed by atoms with Gasteiger partial charge in [0.05, 0.1) is 22.4 Å². The number of thioether (sulfide) groups is 1. The van der Waals surface area contributed by atoms with Crippen LogP contribution in [0.3, 0.4) is 0 Å². The Morgan fingerprint density at radius 2 is 1.80 bits per heavy atom. The topological polar surface area (TPSA) is 75.7 Å². The van der Waals surface area contributed by atoms with Gasteiger partial charge in [0.15, 0.2) is 0 Å². The summed E-state index contributed by atoms with van der Waals surface area (Å²) in [6.45, 7) is 10.1. The first-order valence-electron chi connectivity index (χ1n) is 9.98. The van der Waals surface area contributed by atoms with Crippen molar-refractivity contribution in [3.63, 3.8) is 0 Å². The average Bonchev–Trinajstić information content (AvgIpc) is 2.69. The van der Waals surface area contributed by atoms with Gasteiger partial charge in [-0.1, -0.05) is 32.0 Å². The molecule has 0 saturated heterocycles. The van der Waals surface area contributed by atoms with E-state index in [9.17, 15) is 13.2 Å². The number of hydrogen-bond donors (Lipinski definition) is 1. The minimum absolute atomic E-state index is 0.118. The van der Waals surface area contributed by atoms with Gasteiger partial charge in [0.2, 0.25) is 15.9 Å². The molecule has 2 aromatic carbocycles. The van der Waals surface area contributed by atoms with Crippen LogP contribution >= 0.6 is 11.8 Å². The minimum Gasteiger partial charge on any atom is -0.489 e. The fourth-order valence-corrected chi connectivity index (χ4v) is 5.20. The maximum atomic E-state index is 12.9. The number of benzene rings is 2. The van der Waals surface area contributed by atoms with E-state index in [4.69, 9.17) is 4.74 Å². The lowest BCUT2D eigenvalue weighted by molar-refractivity contribution is -0.113. The standard InChI is InChI=1S/C22H30N2O4S2/c1-6-24(7-2)30(26,27)18-12-13-20(28-16(3)4)19(14-18)23-22(25)15-29-21-11-9-8-10-17(21)5/h8-14,16H,6-7,15H2,1-5H3,(H,23,25). The van der Waals surface area contributed by atoms with Crippen molar-refractivity contribution in [3.8, 4) is 5.75 Å². The summed E-state index contributed by atoms with van der Waals surface area (Å²) in [5.41, 5.74) is 1.46. The third-order valence-electron chi connectivity index (χ3n) is 4.38. The first-order valence-corrected chi connectivity index (χ1v) is 12.4. The second kappa shape index (κ2) is 10.8. The Kier molecular flexibility index (Phi) is 8.76. The summed E-state index contributed by atoms with van der Waals surface area (Å²) >= 11 is 1.44. The van der Waals surface area contributed by atoms with E-state index in [2.05, 4.69) is 5.32 Å². The van der Waals surface area contributed by atoms with Crippen LogP contribution in [0, 0.1) is 6.92 Å². The van der Waals surface area contributed by atoms with Gasteiger partial charge < -0.3 is 10.1 Å². The average molecular weight is 451 g/mol. The number of amides is 1. The Morgan fingerprint density at radius 3 is 2.40 bits per heavy atom. The van der Waals surface area contributed by atoms with Gasteiger partial charge >= 0.3 is 0 Å². The number of carbonyl (C=O) groups is 1. The van der Waals surface area contributed by atoms with Crippen molar-refractivity contribution >= 4 is 33.4 Å². The zero-order valence-electron chi connectivity index (χ0n) is 18.1. The molecule has 164 valence electrons. The van der Waals surface area contributed by atoms with E-state index in [1.54, 1.807) is 19.9 Å². The number of aryl methyl sites for hydroxylation is 1. The lowest BCUT2D eigenvalue weighted by Gasteiger charge is -2.20. The Hall–Kier alpha value is -2.03. The molecule has 0 saturated carbocycles. The molecule has 1 N–H and O–H groups in total. The van der Waals surface area contributed by atoms with E-state index >= 15 is 0 Å². The molecule has 30 heavy (non-hydrogen) atoms. The molecule has 0 heterocycles. The zero-order valence-corrected chi connectivity index (χ0v) is 19.8. The molecule has 0 unspecified atom stereocenters. The zero-order chi connectivity index (χ0) is 22.3. The summed E-state index contributed by atoms with van der Waals surface area (Å²) in [6, 6.07) is 12.4. The fraction of sp³-hybridized carbons (Fsp3) is 0.409. The SMILES string of the molecule is CCN(CC)S(=O)(=O)c1ccc(OC(C)C)c(NC(=O)CSc2ccccc2C)c1. The molecule has 0 atom stereocenters. The number of ether oxygens (including phenoxy) is 1. The van der Waals surface area contributed by atoms with Crippen molar-refractivity contribution in [1.82, 2.24) is 4.31 Å². The number of carbonyl (C=O) groups excluding carboxylic acids is 1. The van der Waals surface area contributed by atoms with Gasteiger partial charge in [0.25, 0.3) is 0 Å². The van der Waals surface area contributed by atoms with Gasteiger partial charge in [-0.25, -0.2) is 8.42 Å². The molecule has 0 fully saturated rings. The van der Waals surface area contributed by atoms with Gasteiger partial charge in [-0.15, -0.1) is 11.8 Å². The van der Waals surface area contributed by atoms with E-state index in [0.717, 1.165) is 10.5 Å². The highest BCUT2D eigenvalue weighted by molar-refractivity contribution is 8.00. The van der Waals surface area contributed by atoms with Crippen molar-refractivity contribution < 1.29 is 17.9 Å². The predicted molar refractivity (Wildman–Crippen MR) is 123 cm³/mol. The largest absolute Gasteiger partial charge is 0.489 e. The number of sulfonamides is 1. The van der Waals surface area contributed by atoms with Crippen molar-refractivity contribution in [2.24, 2.45) is 0 Å². The maximum absolute atomic E-state index is 12.9. The van der Waals surface area contributed by atoms with Gasteiger partial charge in [-0.2, -0.15) is 4.31 Å². The first-order chi connectivity index (χ1) is 14.2. The lowest BCUT2D eigenvalue weighted by atomic mass is 10.2. The van der Waals surface area contributed by atoms with Crippen molar-refractivity contribution in [3.05, 3.63) is 48.0 Å². The summed E-state index contributed by atoms with van der Waals surface area (Å²) in [5.74, 6) is 0.422. The summed E-state index contributed by atoms with van der Waals surface area (Å²) in [6.07, 6.45) is -0.118. The summed E-state index contributed by atoms with van der Waals surface area (Å²) in [5, 5.41) is 2.83. The molecule has 0 spiro atoms. The molecule has 1 amide bonds. The van der Waals surface area contributed by atoms with Crippen LogP contribution in [-0.2, 0) is 14.8 Å². The van der Waals surface area contributed by atoms with E-state index in [1.165, 1.54) is 28.2 Å². The number of nitrogens with zero attached hydrogens (tertiary/aromatic N) is 1. The Bertz CT molecular complexity index is 971. The van der Waals surface area contributed by atoms with Crippen LogP contribution < -0.4 is 10.1 Å². The molecule has 0 aliphatic heterocycles. The van der Waals surface area contributed by atoms with Gasteiger partial charge in [-0.05, 0) is 50.6 Å². The highest BCUT2D eigenvalue weighted by Crippen LogP contribution is 2.30. The lowest BCUT2D eigenvalue weighted by Crippen LogP contribution is -2.30. The van der Waals surface area contributed by atoms with Crippen LogP contribution in [0.15, 0.2) is 52.3 Å². The molecular weight excluding hydrogens is 420 g/mol. The normalized spacial score (nSPS) is 11.7. The summed E-state index contributed by atoms with van der Waals surface area (Å²) in [7, 11) is -3.64. The minimum atomic E-state index is -3.64. The highest BCUT2D eigenvalue weighted by Gasteiger charge is 2.23. The van der Waals surface area contributed by atoms with E-state index in [0.29, 0.717) is 24.5 Å². The Labute approximate surface area is 184 Å². The molecule has 2 rings (SSSR count). The van der Waals surface area contributed by atoms with Gasteiger partial charge in [-0.3, -0.25) is 4.79 Å². The molecule has 0 aliphatic carbocycles. The van der Waals surface area contributed by atoms with E-state index < -0.39 is 10.0 Å². The third kappa shape index (κ3) is 6.23. The molecule has 2 aromatic rings. The predicted octanol–water partition coefficient (Wildman–Crippen LogP) is 4.54. The molecule has 6 nitrogen and oxygen atoms in total. The monoisotopic (exact) mass is 450 g/mol. The molecular formula is C22H30N2O4S2. The van der Waals surface area contributed by atoms with Crippen molar-refractivity contribution in [1.29, 1.82) is 0 Å². The molecule has 0 aromatic heterocycles. The molecule has 0 radical (unpaired) electrons. The maximum Gasteiger partial charge on any atom is 0.243 e. The molecule has 0 bridgehead atoms. The Balaban J connectivity index is 2.26. The number of rotatable bonds is 10. The van der Waals surface area contributed by atoms with Crippen LogP contribution in [0.25, 0.3) is 0 Å². The second-order valence-corrected chi connectivity index (χ2v) is 9.97. The fourth-order valence-electron chi connectivity index (χ4n) is 2.88. The smallest absolute Gasteiger partial charge is 0.243 e. The van der Waals surface area contributed by atoms with Crippen LogP contribution in [0.4, 0.5) is 5.69 Å². The van der Waals surface area contributed by atoms with Crippen LogP contribution in [0.2, 0.25) is 0 Å². The van der Waals surface area contributed by atoms with Crippen molar-refractivity contribution in [2.75, 3.05) is 24.2 Å². The first kappa shape index (κ1) is 24.2. The van der Waals surface area contributed by atoms with Crippen molar-refractivity contribution in [2.45, 2.75) is 50.5 Å². The highest BCUT2D eigenvalue weighted by atomic mass is 32.2. The van der Waals surface area contributed by atoms with Gasteiger partial charge in [0, 0.05) is 18.0 Å².